The fourth-order valence-corrected chi connectivity index (χ4v) is 2.59. The van der Waals surface area contributed by atoms with E-state index in [2.05, 4.69) is 15.0 Å². The molecule has 0 saturated heterocycles. The van der Waals surface area contributed by atoms with E-state index in [1.807, 2.05) is 0 Å². The van der Waals surface area contributed by atoms with Crippen LogP contribution in [0, 0.1) is 0 Å². The molecule has 0 radical (unpaired) electrons. The highest BCUT2D eigenvalue weighted by Gasteiger charge is 2.28. The molecule has 0 atom stereocenters. The summed E-state index contributed by atoms with van der Waals surface area (Å²) in [5.74, 6) is -0.984. The molecule has 0 aliphatic carbocycles. The lowest BCUT2D eigenvalue weighted by atomic mass is 10.1. The summed E-state index contributed by atoms with van der Waals surface area (Å²) in [7, 11) is 1.24. The Kier molecular flexibility index (Phi) is 2.62. The molecule has 7 heteroatoms. The lowest BCUT2D eigenvalue weighted by Gasteiger charge is -2.06. The first-order valence-electron chi connectivity index (χ1n) is 5.25. The van der Waals surface area contributed by atoms with Gasteiger partial charge < -0.3 is 10.1 Å². The number of halogens is 2. The van der Waals surface area contributed by atoms with E-state index in [0.717, 1.165) is 0 Å². The van der Waals surface area contributed by atoms with Crippen molar-refractivity contribution in [3.63, 3.8) is 0 Å². The second-order valence-corrected chi connectivity index (χ2v) is 4.75. The number of aromatic nitrogens is 1. The number of pyridine rings is 1. The fourth-order valence-electron chi connectivity index (χ4n) is 2.03. The van der Waals surface area contributed by atoms with E-state index in [1.54, 1.807) is 0 Å². The quantitative estimate of drug-likeness (QED) is 0.822. The second-order valence-electron chi connectivity index (χ2n) is 3.94. The van der Waals surface area contributed by atoms with Crippen molar-refractivity contribution < 1.29 is 14.3 Å². The minimum atomic E-state index is -0.634. The molecule has 5 nitrogen and oxygen atoms in total. The van der Waals surface area contributed by atoms with E-state index in [1.165, 1.54) is 19.2 Å². The molecule has 1 aromatic heterocycles. The van der Waals surface area contributed by atoms with Gasteiger partial charge in [-0.3, -0.25) is 4.79 Å². The Morgan fingerprint density at radius 3 is 2.74 bits per heavy atom. The van der Waals surface area contributed by atoms with Crippen LogP contribution in [-0.2, 0) is 4.74 Å². The molecule has 0 saturated carbocycles. The van der Waals surface area contributed by atoms with Crippen LogP contribution in [0.2, 0.25) is 10.0 Å². The van der Waals surface area contributed by atoms with Crippen molar-refractivity contribution >= 4 is 51.7 Å². The van der Waals surface area contributed by atoms with Gasteiger partial charge in [-0.25, -0.2) is 9.78 Å². The van der Waals surface area contributed by atoms with E-state index in [4.69, 9.17) is 23.2 Å². The molecular weight excluding hydrogens is 291 g/mol. The van der Waals surface area contributed by atoms with Crippen LogP contribution in [0.1, 0.15) is 20.8 Å². The van der Waals surface area contributed by atoms with Crippen molar-refractivity contribution in [2.24, 2.45) is 0 Å². The molecule has 19 heavy (non-hydrogen) atoms. The summed E-state index contributed by atoms with van der Waals surface area (Å²) < 4.78 is 4.60. The highest BCUT2D eigenvalue weighted by atomic mass is 35.5. The van der Waals surface area contributed by atoms with Gasteiger partial charge in [0.15, 0.2) is 0 Å². The summed E-state index contributed by atoms with van der Waals surface area (Å²) >= 11 is 12.1. The zero-order valence-electron chi connectivity index (χ0n) is 9.58. The van der Waals surface area contributed by atoms with Crippen molar-refractivity contribution in [1.82, 2.24) is 4.98 Å². The topological polar surface area (TPSA) is 68.3 Å². The van der Waals surface area contributed by atoms with Crippen LogP contribution >= 0.6 is 23.2 Å². The number of anilines is 1. The summed E-state index contributed by atoms with van der Waals surface area (Å²) in [6.07, 6.45) is 0. The first-order valence-corrected chi connectivity index (χ1v) is 6.01. The Hall–Kier alpha value is -1.85. The van der Waals surface area contributed by atoms with Gasteiger partial charge in [-0.05, 0) is 12.1 Å². The number of rotatable bonds is 1. The molecule has 3 rings (SSSR count). The molecule has 1 amide bonds. The van der Waals surface area contributed by atoms with Crippen LogP contribution in [0.25, 0.3) is 10.9 Å². The summed E-state index contributed by atoms with van der Waals surface area (Å²) in [5.41, 5.74) is 1.14. The van der Waals surface area contributed by atoms with E-state index in [9.17, 15) is 9.59 Å². The molecule has 0 fully saturated rings. The van der Waals surface area contributed by atoms with Gasteiger partial charge in [-0.2, -0.15) is 0 Å². The maximum atomic E-state index is 11.9. The third-order valence-electron chi connectivity index (χ3n) is 2.87. The zero-order chi connectivity index (χ0) is 13.7. The van der Waals surface area contributed by atoms with Gasteiger partial charge in [-0.1, -0.05) is 23.2 Å². The SMILES string of the molecule is COC(=O)c1cc2c3c(c(Cl)cc(Cl)c3n1)NC2=O. The lowest BCUT2D eigenvalue weighted by molar-refractivity contribution is 0.0594. The molecule has 1 aliphatic rings. The number of nitrogens with zero attached hydrogens (tertiary/aromatic N) is 1. The largest absolute Gasteiger partial charge is 0.464 e. The third kappa shape index (κ3) is 1.66. The Balaban J connectivity index is 2.43. The molecule has 96 valence electrons. The minimum absolute atomic E-state index is 0.0252. The van der Waals surface area contributed by atoms with Gasteiger partial charge in [0.05, 0.1) is 33.9 Å². The molecule has 1 N–H and O–H groups in total. The molecule has 2 aromatic rings. The fraction of sp³-hybridized carbons (Fsp3) is 0.0833. The van der Waals surface area contributed by atoms with Gasteiger partial charge in [0, 0.05) is 5.39 Å². The monoisotopic (exact) mass is 296 g/mol. The van der Waals surface area contributed by atoms with Crippen molar-refractivity contribution in [3.05, 3.63) is 33.4 Å². The van der Waals surface area contributed by atoms with Crippen LogP contribution < -0.4 is 5.32 Å². The first-order chi connectivity index (χ1) is 9.02. The van der Waals surface area contributed by atoms with Crippen LogP contribution in [-0.4, -0.2) is 24.0 Å². The number of carbonyl (C=O) groups excluding carboxylic acids is 2. The maximum Gasteiger partial charge on any atom is 0.356 e. The number of carbonyl (C=O) groups is 2. The molecule has 0 unspecified atom stereocenters. The van der Waals surface area contributed by atoms with E-state index in [0.29, 0.717) is 27.2 Å². The Bertz CT molecular complexity index is 758. The van der Waals surface area contributed by atoms with E-state index < -0.39 is 5.97 Å². The summed E-state index contributed by atoms with van der Waals surface area (Å²) in [4.78, 5) is 27.5. The highest BCUT2D eigenvalue weighted by molar-refractivity contribution is 6.43. The predicted molar refractivity (Wildman–Crippen MR) is 71.1 cm³/mol. The Labute approximate surface area is 117 Å². The standard InChI is InChI=1S/C12H6Cl2N2O3/c1-19-12(18)7-2-4-8-9(15-7)5(13)3-6(14)10(8)16-11(4)17/h2-3H,1H3,(H,16,17). The number of ether oxygens (including phenoxy) is 1. The van der Waals surface area contributed by atoms with Crippen LogP contribution in [0.15, 0.2) is 12.1 Å². The number of methoxy groups -OCH3 is 1. The van der Waals surface area contributed by atoms with E-state index in [-0.39, 0.29) is 16.6 Å². The lowest BCUT2D eigenvalue weighted by Crippen LogP contribution is -2.08. The van der Waals surface area contributed by atoms with Gasteiger partial charge in [0.25, 0.3) is 5.91 Å². The Morgan fingerprint density at radius 1 is 1.32 bits per heavy atom. The number of hydrogen-bond donors (Lipinski definition) is 1. The molecule has 1 aliphatic heterocycles. The summed E-state index contributed by atoms with van der Waals surface area (Å²) in [6.45, 7) is 0. The Morgan fingerprint density at radius 2 is 2.05 bits per heavy atom. The van der Waals surface area contributed by atoms with Crippen molar-refractivity contribution in [2.75, 3.05) is 12.4 Å². The number of esters is 1. The van der Waals surface area contributed by atoms with Crippen molar-refractivity contribution in [1.29, 1.82) is 0 Å². The van der Waals surface area contributed by atoms with Gasteiger partial charge >= 0.3 is 5.97 Å². The molecule has 0 bridgehead atoms. The number of hydrogen-bond acceptors (Lipinski definition) is 4. The molecule has 1 aromatic carbocycles. The number of nitrogens with one attached hydrogen (secondary N) is 1. The number of benzene rings is 1. The number of amides is 1. The predicted octanol–water partition coefficient (Wildman–Crippen LogP) is 2.89. The smallest absolute Gasteiger partial charge is 0.356 e. The molecule has 0 spiro atoms. The summed E-state index contributed by atoms with van der Waals surface area (Å²) in [6, 6.07) is 2.84. The molecular formula is C12H6Cl2N2O3. The second kappa shape index (κ2) is 4.08. The first kappa shape index (κ1) is 12.2. The van der Waals surface area contributed by atoms with E-state index >= 15 is 0 Å². The highest BCUT2D eigenvalue weighted by Crippen LogP contribution is 2.41. The van der Waals surface area contributed by atoms with Crippen LogP contribution in [0.3, 0.4) is 0 Å². The average Bonchev–Trinajstić information content (AvgIpc) is 2.73. The van der Waals surface area contributed by atoms with Crippen LogP contribution in [0.5, 0.6) is 0 Å². The normalized spacial score (nSPS) is 12.7. The zero-order valence-corrected chi connectivity index (χ0v) is 11.1. The minimum Gasteiger partial charge on any atom is -0.464 e. The van der Waals surface area contributed by atoms with Crippen molar-refractivity contribution in [2.45, 2.75) is 0 Å². The molecule has 2 heterocycles. The van der Waals surface area contributed by atoms with Gasteiger partial charge in [0.2, 0.25) is 0 Å². The maximum absolute atomic E-state index is 11.9. The van der Waals surface area contributed by atoms with Crippen LogP contribution in [0.4, 0.5) is 5.69 Å². The van der Waals surface area contributed by atoms with Crippen molar-refractivity contribution in [3.8, 4) is 0 Å². The summed E-state index contributed by atoms with van der Waals surface area (Å²) in [5, 5.41) is 3.75. The van der Waals surface area contributed by atoms with Gasteiger partial charge in [0.1, 0.15) is 5.69 Å². The average molecular weight is 297 g/mol. The third-order valence-corrected chi connectivity index (χ3v) is 3.45. The van der Waals surface area contributed by atoms with Gasteiger partial charge in [-0.15, -0.1) is 0 Å².